The first-order chi connectivity index (χ1) is 13.9. The van der Waals surface area contributed by atoms with Gasteiger partial charge in [-0.3, -0.25) is 4.79 Å². The van der Waals surface area contributed by atoms with Crippen LogP contribution in [0.25, 0.3) is 0 Å². The summed E-state index contributed by atoms with van der Waals surface area (Å²) in [5.41, 5.74) is 2.31. The van der Waals surface area contributed by atoms with Crippen LogP contribution < -0.4 is 10.6 Å². The van der Waals surface area contributed by atoms with Crippen LogP contribution in [-0.2, 0) is 9.53 Å². The number of anilines is 1. The number of nitrogens with one attached hydrogen (secondary N) is 2. The number of amides is 2. The normalized spacial score (nSPS) is 12.5. The zero-order valence-electron chi connectivity index (χ0n) is 18.5. The van der Waals surface area contributed by atoms with Crippen molar-refractivity contribution in [2.24, 2.45) is 5.92 Å². The van der Waals surface area contributed by atoms with Crippen LogP contribution in [0, 0.1) is 19.8 Å². The Hall–Kier alpha value is -2.55. The van der Waals surface area contributed by atoms with Crippen LogP contribution in [0.4, 0.5) is 10.5 Å². The van der Waals surface area contributed by atoms with Gasteiger partial charge in [0.2, 0.25) is 11.8 Å². The molecule has 0 fully saturated rings. The van der Waals surface area contributed by atoms with E-state index in [9.17, 15) is 9.59 Å². The van der Waals surface area contributed by atoms with Crippen molar-refractivity contribution < 1.29 is 18.7 Å². The average Bonchev–Trinajstić information content (AvgIpc) is 3.07. The molecule has 0 spiro atoms. The molecule has 30 heavy (non-hydrogen) atoms. The summed E-state index contributed by atoms with van der Waals surface area (Å²) in [6.45, 7) is 13.2. The van der Waals surface area contributed by atoms with Gasteiger partial charge in [-0.05, 0) is 52.2 Å². The third-order valence-corrected chi connectivity index (χ3v) is 4.83. The minimum Gasteiger partial charge on any atom is -0.444 e. The van der Waals surface area contributed by atoms with E-state index in [4.69, 9.17) is 9.15 Å². The number of hydrogen-bond acceptors (Lipinski definition) is 7. The Morgan fingerprint density at radius 2 is 1.90 bits per heavy atom. The van der Waals surface area contributed by atoms with E-state index in [1.165, 1.54) is 0 Å². The fraction of sp³-hybridized carbons (Fsp3) is 0.524. The first kappa shape index (κ1) is 23.7. The summed E-state index contributed by atoms with van der Waals surface area (Å²) in [7, 11) is 0. The molecule has 0 aliphatic rings. The average molecular weight is 435 g/mol. The molecule has 0 bridgehead atoms. The molecule has 1 aromatic carbocycles. The lowest BCUT2D eigenvalue weighted by molar-refractivity contribution is -0.113. The van der Waals surface area contributed by atoms with Crippen molar-refractivity contribution in [3.8, 4) is 0 Å². The summed E-state index contributed by atoms with van der Waals surface area (Å²) < 4.78 is 11.0. The van der Waals surface area contributed by atoms with Crippen LogP contribution in [0.2, 0.25) is 0 Å². The van der Waals surface area contributed by atoms with Crippen molar-refractivity contribution in [3.05, 3.63) is 35.2 Å². The number of nitrogens with zero attached hydrogens (tertiary/aromatic N) is 2. The van der Waals surface area contributed by atoms with Crippen molar-refractivity contribution >= 4 is 29.4 Å². The SMILES string of the molecule is Cc1ccc(NC(=O)CSc2nnc(C(NC(=O)OC(C)(C)C)C(C)C)o2)c(C)c1. The maximum Gasteiger partial charge on any atom is 0.408 e. The summed E-state index contributed by atoms with van der Waals surface area (Å²) in [5.74, 6) is 0.233. The van der Waals surface area contributed by atoms with E-state index in [1.54, 1.807) is 20.8 Å². The van der Waals surface area contributed by atoms with Crippen LogP contribution >= 0.6 is 11.8 Å². The topological polar surface area (TPSA) is 106 Å². The van der Waals surface area contributed by atoms with E-state index in [0.717, 1.165) is 28.6 Å². The molecule has 2 N–H and O–H groups in total. The first-order valence-electron chi connectivity index (χ1n) is 9.77. The molecule has 0 aliphatic carbocycles. The number of benzene rings is 1. The van der Waals surface area contributed by atoms with Gasteiger partial charge in [-0.25, -0.2) is 4.79 Å². The third-order valence-electron chi connectivity index (χ3n) is 4.01. The number of aromatic nitrogens is 2. The summed E-state index contributed by atoms with van der Waals surface area (Å²) in [5, 5.41) is 13.9. The molecule has 1 heterocycles. The Kier molecular flexibility index (Phi) is 7.89. The summed E-state index contributed by atoms with van der Waals surface area (Å²) in [6.07, 6.45) is -0.554. The zero-order valence-corrected chi connectivity index (χ0v) is 19.3. The van der Waals surface area contributed by atoms with Crippen LogP contribution in [0.1, 0.15) is 57.7 Å². The van der Waals surface area contributed by atoms with E-state index >= 15 is 0 Å². The zero-order chi connectivity index (χ0) is 22.5. The minimum atomic E-state index is -0.607. The molecule has 9 heteroatoms. The van der Waals surface area contributed by atoms with Gasteiger partial charge in [0, 0.05) is 5.69 Å². The van der Waals surface area contributed by atoms with E-state index in [0.29, 0.717) is 0 Å². The van der Waals surface area contributed by atoms with Gasteiger partial charge in [-0.15, -0.1) is 10.2 Å². The number of rotatable bonds is 7. The highest BCUT2D eigenvalue weighted by atomic mass is 32.2. The Balaban J connectivity index is 1.95. The predicted molar refractivity (Wildman–Crippen MR) is 117 cm³/mol. The molecule has 2 rings (SSSR count). The van der Waals surface area contributed by atoms with Crippen molar-refractivity contribution in [3.63, 3.8) is 0 Å². The molecular weight excluding hydrogens is 404 g/mol. The van der Waals surface area contributed by atoms with Gasteiger partial charge in [0.25, 0.3) is 5.22 Å². The van der Waals surface area contributed by atoms with E-state index in [2.05, 4.69) is 20.8 Å². The molecule has 0 saturated heterocycles. The molecule has 1 unspecified atom stereocenters. The highest BCUT2D eigenvalue weighted by molar-refractivity contribution is 7.99. The second-order valence-electron chi connectivity index (χ2n) is 8.43. The van der Waals surface area contributed by atoms with Crippen LogP contribution in [0.3, 0.4) is 0 Å². The quantitative estimate of drug-likeness (QED) is 0.611. The highest BCUT2D eigenvalue weighted by Crippen LogP contribution is 2.25. The monoisotopic (exact) mass is 434 g/mol. The lowest BCUT2D eigenvalue weighted by atomic mass is 10.1. The molecule has 8 nitrogen and oxygen atoms in total. The second-order valence-corrected chi connectivity index (χ2v) is 9.36. The maximum absolute atomic E-state index is 12.3. The predicted octanol–water partition coefficient (Wildman–Crippen LogP) is 4.64. The molecule has 0 radical (unpaired) electrons. The number of alkyl carbamates (subject to hydrolysis) is 1. The summed E-state index contributed by atoms with van der Waals surface area (Å²) >= 11 is 1.14. The number of hydrogen-bond donors (Lipinski definition) is 2. The molecule has 2 aromatic rings. The standard InChI is InChI=1S/C21H30N4O4S/c1-12(2)17(23-19(27)29-21(5,6)7)18-24-25-20(28-18)30-11-16(26)22-15-9-8-13(3)10-14(15)4/h8-10,12,17H,11H2,1-7H3,(H,22,26)(H,23,27). The number of carbonyl (C=O) groups is 2. The molecular formula is C21H30N4O4S. The van der Waals surface area contributed by atoms with Crippen molar-refractivity contribution in [1.29, 1.82) is 0 Å². The molecule has 2 amide bonds. The van der Waals surface area contributed by atoms with Gasteiger partial charge in [0.1, 0.15) is 11.6 Å². The van der Waals surface area contributed by atoms with Crippen LogP contribution in [0.5, 0.6) is 0 Å². The van der Waals surface area contributed by atoms with E-state index in [-0.39, 0.29) is 28.7 Å². The lowest BCUT2D eigenvalue weighted by Gasteiger charge is -2.23. The Morgan fingerprint density at radius 1 is 1.20 bits per heavy atom. The lowest BCUT2D eigenvalue weighted by Crippen LogP contribution is -2.37. The van der Waals surface area contributed by atoms with Crippen LogP contribution in [-0.4, -0.2) is 33.6 Å². The van der Waals surface area contributed by atoms with Gasteiger partial charge in [-0.2, -0.15) is 0 Å². The molecule has 1 aromatic heterocycles. The molecule has 0 aliphatic heterocycles. The second kappa shape index (κ2) is 9.97. The maximum atomic E-state index is 12.3. The first-order valence-corrected chi connectivity index (χ1v) is 10.8. The van der Waals surface area contributed by atoms with Gasteiger partial charge < -0.3 is 19.8 Å². The third kappa shape index (κ3) is 7.37. The highest BCUT2D eigenvalue weighted by Gasteiger charge is 2.27. The molecule has 164 valence electrons. The molecule has 1 atom stereocenters. The van der Waals surface area contributed by atoms with Gasteiger partial charge >= 0.3 is 6.09 Å². The smallest absolute Gasteiger partial charge is 0.408 e. The van der Waals surface area contributed by atoms with Crippen molar-refractivity contribution in [1.82, 2.24) is 15.5 Å². The molecule has 0 saturated carbocycles. The fourth-order valence-electron chi connectivity index (χ4n) is 2.62. The number of thioether (sulfide) groups is 1. The summed E-state index contributed by atoms with van der Waals surface area (Å²) in [6, 6.07) is 5.35. The fourth-order valence-corrected chi connectivity index (χ4v) is 3.19. The minimum absolute atomic E-state index is 0.00336. The Bertz CT molecular complexity index is 889. The van der Waals surface area contributed by atoms with E-state index < -0.39 is 17.7 Å². The van der Waals surface area contributed by atoms with Crippen molar-refractivity contribution in [2.75, 3.05) is 11.1 Å². The number of ether oxygens (including phenoxy) is 1. The van der Waals surface area contributed by atoms with Gasteiger partial charge in [-0.1, -0.05) is 43.3 Å². The van der Waals surface area contributed by atoms with Crippen molar-refractivity contribution in [2.45, 2.75) is 65.3 Å². The largest absolute Gasteiger partial charge is 0.444 e. The Morgan fingerprint density at radius 3 is 2.50 bits per heavy atom. The number of aryl methyl sites for hydroxylation is 2. The Labute approximate surface area is 181 Å². The van der Waals surface area contributed by atoms with Crippen LogP contribution in [0.15, 0.2) is 27.8 Å². The van der Waals surface area contributed by atoms with Gasteiger partial charge in [0.05, 0.1) is 5.75 Å². The summed E-state index contributed by atoms with van der Waals surface area (Å²) in [4.78, 5) is 24.4. The van der Waals surface area contributed by atoms with E-state index in [1.807, 2.05) is 45.9 Å². The van der Waals surface area contributed by atoms with Gasteiger partial charge in [0.15, 0.2) is 0 Å². The number of carbonyl (C=O) groups excluding carboxylic acids is 2.